The van der Waals surface area contributed by atoms with Gasteiger partial charge in [0.05, 0.1) is 12.5 Å². The first-order chi connectivity index (χ1) is 34.4. The van der Waals surface area contributed by atoms with E-state index in [0.717, 1.165) is 0 Å². The average molecular weight is 1030 g/mol. The van der Waals surface area contributed by atoms with E-state index >= 15 is 0 Å². The van der Waals surface area contributed by atoms with Crippen molar-refractivity contribution >= 4 is 65.2 Å². The lowest BCUT2D eigenvalue weighted by molar-refractivity contribution is -0.147. The van der Waals surface area contributed by atoms with E-state index < -0.39 is 133 Å². The van der Waals surface area contributed by atoms with Crippen molar-refractivity contribution in [2.45, 2.75) is 133 Å². The SMILES string of the molecule is CC(C)[C@H](NC(=O)[C@H](C)N)C(=O)N[C@@H](CCC(=O)O)C(=O)N[C@@H](CCCN=C(N)N)C(=O)N[C@@H](Cc1ccc(O)cc1)C(=O)N[C@@H](Cc1ccccc1)C(=O)N[C@@H](CCCCN)C(=O)N[C@@H](CC(=O)O)C(=O)O. The number of phenolic OH excluding ortho intramolecular Hbond substituents is 1. The number of carboxylic acid groups (broad SMARTS) is 3. The number of aliphatic imine (C=N–C) groups is 1. The van der Waals surface area contributed by atoms with Crippen LogP contribution in [0.15, 0.2) is 59.6 Å². The zero-order valence-corrected chi connectivity index (χ0v) is 41.0. The van der Waals surface area contributed by atoms with Gasteiger partial charge < -0.3 is 80.6 Å². The maximum atomic E-state index is 14.6. The molecular weight excluding hydrogens is 957 g/mol. The molecule has 73 heavy (non-hydrogen) atoms. The number of phenols is 1. The zero-order valence-electron chi connectivity index (χ0n) is 41.0. The second kappa shape index (κ2) is 31.5. The quantitative estimate of drug-likeness (QED) is 0.0195. The normalized spacial score (nSPS) is 14.2. The molecule has 26 heteroatoms. The molecule has 0 radical (unpaired) electrons. The highest BCUT2D eigenvalue weighted by Gasteiger charge is 2.35. The summed E-state index contributed by atoms with van der Waals surface area (Å²) in [6, 6.07) is 2.26. The van der Waals surface area contributed by atoms with Gasteiger partial charge in [0.2, 0.25) is 41.4 Å². The summed E-state index contributed by atoms with van der Waals surface area (Å²) in [5, 5.41) is 55.8. The molecule has 26 nitrogen and oxygen atoms in total. The Morgan fingerprint density at radius 3 is 1.44 bits per heavy atom. The summed E-state index contributed by atoms with van der Waals surface area (Å²) in [4.78, 5) is 136. The Hall–Kier alpha value is -7.87. The van der Waals surface area contributed by atoms with Crippen LogP contribution in [0.5, 0.6) is 5.75 Å². The molecule has 0 heterocycles. The third kappa shape index (κ3) is 23.3. The highest BCUT2D eigenvalue weighted by atomic mass is 16.4. The van der Waals surface area contributed by atoms with E-state index in [2.05, 4.69) is 42.2 Å². The smallest absolute Gasteiger partial charge is 0.326 e. The number of unbranched alkanes of at least 4 members (excludes halogenated alkanes) is 1. The molecule has 0 aliphatic heterocycles. The van der Waals surface area contributed by atoms with Crippen molar-refractivity contribution in [1.29, 1.82) is 0 Å². The molecule has 0 aliphatic carbocycles. The van der Waals surface area contributed by atoms with Crippen LogP contribution in [0.2, 0.25) is 0 Å². The molecule has 2 aromatic carbocycles. The number of rotatable bonds is 33. The molecule has 0 spiro atoms. The lowest BCUT2D eigenvalue weighted by atomic mass is 10.0. The van der Waals surface area contributed by atoms with Crippen LogP contribution in [-0.2, 0) is 60.8 Å². The molecule has 0 fully saturated rings. The van der Waals surface area contributed by atoms with E-state index in [0.29, 0.717) is 17.5 Å². The van der Waals surface area contributed by atoms with Crippen LogP contribution in [-0.4, -0.2) is 147 Å². The van der Waals surface area contributed by atoms with Crippen molar-refractivity contribution in [3.05, 3.63) is 65.7 Å². The number of nitrogens with zero attached hydrogens (tertiary/aromatic N) is 1. The van der Waals surface area contributed by atoms with Crippen molar-refractivity contribution < 1.29 is 68.4 Å². The molecule has 19 N–H and O–H groups in total. The predicted octanol–water partition coefficient (Wildman–Crippen LogP) is -2.82. The standard InChI is InChI=1S/C47H70N12O14/c1-25(2)38(59-39(65)26(3)49)45(71)55-32(18-19-36(61)62)42(68)53-31(13-9-21-52-47(50)51)40(66)56-34(23-28-14-16-29(60)17-15-28)44(70)57-33(22-27-10-5-4-6-11-27)43(69)54-30(12-7-8-20-48)41(67)58-35(46(72)73)24-37(63)64/h4-6,10-11,14-17,25-26,30-35,38,60H,7-9,12-13,18-24,48-49H2,1-3H3,(H,53,68)(H,54,69)(H,55,71)(H,56,66)(H,57,70)(H,58,67)(H,59,65)(H,61,62)(H,63,64)(H,72,73)(H4,50,51,52)/t26-,30-,31-,32-,33-,34-,35-,38-/m0/s1. The molecular formula is C47H70N12O14. The van der Waals surface area contributed by atoms with Crippen LogP contribution in [0.3, 0.4) is 0 Å². The molecule has 7 amide bonds. The van der Waals surface area contributed by atoms with Gasteiger partial charge in [0, 0.05) is 25.8 Å². The summed E-state index contributed by atoms with van der Waals surface area (Å²) >= 11 is 0. The van der Waals surface area contributed by atoms with E-state index in [1.807, 2.05) is 0 Å². The Morgan fingerprint density at radius 1 is 0.534 bits per heavy atom. The number of nitrogens with two attached hydrogens (primary N) is 4. The summed E-state index contributed by atoms with van der Waals surface area (Å²) in [5.41, 5.74) is 23.2. The minimum absolute atomic E-state index is 0.0358. The van der Waals surface area contributed by atoms with Crippen LogP contribution >= 0.6 is 0 Å². The van der Waals surface area contributed by atoms with Gasteiger partial charge in [-0.3, -0.25) is 48.1 Å². The van der Waals surface area contributed by atoms with Crippen LogP contribution in [0.1, 0.15) is 83.3 Å². The summed E-state index contributed by atoms with van der Waals surface area (Å²) in [6.45, 7) is 4.79. The fourth-order valence-electron chi connectivity index (χ4n) is 7.02. The number of carbonyl (C=O) groups is 10. The van der Waals surface area contributed by atoms with E-state index in [9.17, 15) is 68.4 Å². The van der Waals surface area contributed by atoms with Crippen molar-refractivity contribution in [2.24, 2.45) is 33.8 Å². The second-order valence-electron chi connectivity index (χ2n) is 17.5. The van der Waals surface area contributed by atoms with Crippen LogP contribution < -0.4 is 60.2 Å². The number of nitrogens with one attached hydrogen (secondary N) is 7. The Morgan fingerprint density at radius 2 is 0.986 bits per heavy atom. The number of amides is 7. The Balaban J connectivity index is 2.62. The van der Waals surface area contributed by atoms with Gasteiger partial charge in [-0.25, -0.2) is 4.79 Å². The van der Waals surface area contributed by atoms with Crippen molar-refractivity contribution in [2.75, 3.05) is 13.1 Å². The second-order valence-corrected chi connectivity index (χ2v) is 17.5. The lowest BCUT2D eigenvalue weighted by Crippen LogP contribution is -2.61. The first-order valence-electron chi connectivity index (χ1n) is 23.5. The fourth-order valence-corrected chi connectivity index (χ4v) is 7.02. The third-order valence-electron chi connectivity index (χ3n) is 11.0. The highest BCUT2D eigenvalue weighted by molar-refractivity contribution is 5.98. The van der Waals surface area contributed by atoms with Gasteiger partial charge in [-0.15, -0.1) is 0 Å². The maximum Gasteiger partial charge on any atom is 0.326 e. The molecule has 0 unspecified atom stereocenters. The monoisotopic (exact) mass is 1030 g/mol. The zero-order chi connectivity index (χ0) is 54.8. The van der Waals surface area contributed by atoms with Crippen LogP contribution in [0.4, 0.5) is 0 Å². The first kappa shape index (κ1) is 61.3. The van der Waals surface area contributed by atoms with Gasteiger partial charge >= 0.3 is 17.9 Å². The molecule has 8 atom stereocenters. The van der Waals surface area contributed by atoms with Crippen LogP contribution in [0.25, 0.3) is 0 Å². The molecule has 2 rings (SSSR count). The Bertz CT molecular complexity index is 2230. The first-order valence-corrected chi connectivity index (χ1v) is 23.5. The molecule has 0 aromatic heterocycles. The van der Waals surface area contributed by atoms with Gasteiger partial charge in [-0.05, 0) is 81.2 Å². The minimum atomic E-state index is -1.85. The largest absolute Gasteiger partial charge is 0.508 e. The molecule has 0 saturated heterocycles. The molecule has 2 aromatic rings. The van der Waals surface area contributed by atoms with Gasteiger partial charge in [0.25, 0.3) is 0 Å². The van der Waals surface area contributed by atoms with Crippen molar-refractivity contribution in [3.8, 4) is 5.75 Å². The van der Waals surface area contributed by atoms with E-state index in [4.69, 9.17) is 22.9 Å². The van der Waals surface area contributed by atoms with E-state index in [1.54, 1.807) is 44.2 Å². The fraction of sp³-hybridized carbons (Fsp3) is 0.511. The molecule has 0 saturated carbocycles. The van der Waals surface area contributed by atoms with E-state index in [1.165, 1.54) is 31.2 Å². The molecule has 0 aliphatic rings. The summed E-state index contributed by atoms with van der Waals surface area (Å²) in [7, 11) is 0. The van der Waals surface area contributed by atoms with Crippen LogP contribution in [0, 0.1) is 5.92 Å². The number of guanidine groups is 1. The Labute approximate surface area is 421 Å². The number of benzene rings is 2. The number of carbonyl (C=O) groups excluding carboxylic acids is 7. The minimum Gasteiger partial charge on any atom is -0.508 e. The summed E-state index contributed by atoms with van der Waals surface area (Å²) in [6.07, 6.45) is -2.07. The van der Waals surface area contributed by atoms with E-state index in [-0.39, 0.29) is 63.3 Å². The van der Waals surface area contributed by atoms with Crippen molar-refractivity contribution in [1.82, 2.24) is 37.2 Å². The number of aromatic hydroxyl groups is 1. The summed E-state index contributed by atoms with van der Waals surface area (Å²) < 4.78 is 0. The topological polar surface area (TPSA) is 452 Å². The molecule has 0 bridgehead atoms. The Kier molecular flexibility index (Phi) is 26.4. The highest BCUT2D eigenvalue weighted by Crippen LogP contribution is 2.14. The van der Waals surface area contributed by atoms with Gasteiger partial charge in [-0.1, -0.05) is 56.3 Å². The molecule has 402 valence electrons. The van der Waals surface area contributed by atoms with Gasteiger partial charge in [0.1, 0.15) is 48.0 Å². The van der Waals surface area contributed by atoms with Gasteiger partial charge in [-0.2, -0.15) is 0 Å². The van der Waals surface area contributed by atoms with Gasteiger partial charge in [0.15, 0.2) is 5.96 Å². The number of carboxylic acids is 3. The maximum absolute atomic E-state index is 14.6. The third-order valence-corrected chi connectivity index (χ3v) is 11.0. The number of aliphatic carboxylic acids is 3. The predicted molar refractivity (Wildman–Crippen MR) is 264 cm³/mol. The van der Waals surface area contributed by atoms with Crippen molar-refractivity contribution in [3.63, 3.8) is 0 Å². The number of hydrogen-bond acceptors (Lipinski definition) is 14. The summed E-state index contributed by atoms with van der Waals surface area (Å²) in [5.74, 6) is -11.8. The average Bonchev–Trinajstić information content (AvgIpc) is 3.32. The number of hydrogen-bond donors (Lipinski definition) is 15. The lowest BCUT2D eigenvalue weighted by Gasteiger charge is -2.28.